The van der Waals surface area contributed by atoms with E-state index >= 15 is 0 Å². The van der Waals surface area contributed by atoms with Gasteiger partial charge in [-0.2, -0.15) is 5.26 Å². The van der Waals surface area contributed by atoms with Crippen LogP contribution in [-0.4, -0.2) is 32.8 Å². The monoisotopic (exact) mass is 368 g/mol. The highest BCUT2D eigenvalue weighted by atomic mass is 16.5. The summed E-state index contributed by atoms with van der Waals surface area (Å²) in [7, 11) is 1.60. The molecule has 1 amide bonds. The van der Waals surface area contributed by atoms with Crippen LogP contribution in [0.5, 0.6) is 17.2 Å². The molecule has 1 N–H and O–H groups in total. The van der Waals surface area contributed by atoms with Gasteiger partial charge in [-0.05, 0) is 42.7 Å². The van der Waals surface area contributed by atoms with Gasteiger partial charge in [-0.1, -0.05) is 18.2 Å². The average Bonchev–Trinajstić information content (AvgIpc) is 2.66. The normalized spacial score (nSPS) is 9.96. The Morgan fingerprint density at radius 1 is 1.11 bits per heavy atom. The van der Waals surface area contributed by atoms with Gasteiger partial charge >= 0.3 is 0 Å². The first kappa shape index (κ1) is 20.1. The van der Waals surface area contributed by atoms with E-state index in [2.05, 4.69) is 5.32 Å². The highest BCUT2D eigenvalue weighted by Gasteiger charge is 2.08. The van der Waals surface area contributed by atoms with Crippen LogP contribution in [0.3, 0.4) is 0 Å². The minimum Gasteiger partial charge on any atom is -0.497 e. The summed E-state index contributed by atoms with van der Waals surface area (Å²) in [6.45, 7) is 3.25. The van der Waals surface area contributed by atoms with Crippen molar-refractivity contribution in [1.29, 1.82) is 5.26 Å². The van der Waals surface area contributed by atoms with Crippen molar-refractivity contribution in [1.82, 2.24) is 5.32 Å². The quantitative estimate of drug-likeness (QED) is 0.652. The van der Waals surface area contributed by atoms with Gasteiger partial charge in [0.2, 0.25) is 5.91 Å². The summed E-state index contributed by atoms with van der Waals surface area (Å²) in [4.78, 5) is 11.4. The van der Waals surface area contributed by atoms with Crippen LogP contribution in [0.1, 0.15) is 17.5 Å². The minimum atomic E-state index is -0.278. The minimum absolute atomic E-state index is 0.137. The summed E-state index contributed by atoms with van der Waals surface area (Å²) < 4.78 is 16.8. The number of amides is 1. The van der Waals surface area contributed by atoms with Gasteiger partial charge in [0.15, 0.2) is 0 Å². The molecule has 0 aromatic heterocycles. The molecular formula is C21H24N2O4. The van der Waals surface area contributed by atoms with E-state index in [0.29, 0.717) is 37.7 Å². The van der Waals surface area contributed by atoms with Crippen molar-refractivity contribution < 1.29 is 19.0 Å². The third kappa shape index (κ3) is 6.90. The van der Waals surface area contributed by atoms with E-state index in [1.165, 1.54) is 0 Å². The molecule has 0 aliphatic heterocycles. The number of carbonyl (C=O) groups is 1. The van der Waals surface area contributed by atoms with Gasteiger partial charge in [-0.15, -0.1) is 0 Å². The fourth-order valence-electron chi connectivity index (χ4n) is 2.49. The van der Waals surface area contributed by atoms with Gasteiger partial charge < -0.3 is 19.5 Å². The third-order valence-electron chi connectivity index (χ3n) is 3.83. The van der Waals surface area contributed by atoms with E-state index in [-0.39, 0.29) is 12.3 Å². The molecule has 2 rings (SSSR count). The molecule has 0 heterocycles. The number of nitriles is 1. The molecule has 2 aromatic rings. The van der Waals surface area contributed by atoms with Crippen molar-refractivity contribution in [3.05, 3.63) is 53.6 Å². The Balaban J connectivity index is 1.89. The van der Waals surface area contributed by atoms with Crippen LogP contribution in [0.25, 0.3) is 0 Å². The van der Waals surface area contributed by atoms with E-state index in [1.807, 2.05) is 55.5 Å². The average molecular weight is 368 g/mol. The fourth-order valence-corrected chi connectivity index (χ4v) is 2.49. The van der Waals surface area contributed by atoms with Crippen molar-refractivity contribution in [3.8, 4) is 23.3 Å². The zero-order valence-corrected chi connectivity index (χ0v) is 15.7. The number of carbonyl (C=O) groups excluding carboxylic acids is 1. The summed E-state index contributed by atoms with van der Waals surface area (Å²) in [5.41, 5.74) is 2.09. The zero-order chi connectivity index (χ0) is 19.5. The number of benzene rings is 2. The second-order valence-corrected chi connectivity index (χ2v) is 5.92. The Labute approximate surface area is 159 Å². The smallest absolute Gasteiger partial charge is 0.234 e. The Bertz CT molecular complexity index is 799. The predicted molar refractivity (Wildman–Crippen MR) is 102 cm³/mol. The lowest BCUT2D eigenvalue weighted by atomic mass is 10.1. The van der Waals surface area contributed by atoms with E-state index in [9.17, 15) is 4.79 Å². The first-order valence-corrected chi connectivity index (χ1v) is 8.75. The highest BCUT2D eigenvalue weighted by molar-refractivity contribution is 5.77. The largest absolute Gasteiger partial charge is 0.497 e. The molecule has 0 aliphatic rings. The SMILES string of the molecule is COc1ccc(CCNC(=O)CC#N)c(OCCOc2cccc(C)c2)c1. The van der Waals surface area contributed by atoms with Crippen molar-refractivity contribution in [2.75, 3.05) is 26.9 Å². The van der Waals surface area contributed by atoms with Crippen LogP contribution >= 0.6 is 0 Å². The molecule has 0 fully saturated rings. The lowest BCUT2D eigenvalue weighted by Crippen LogP contribution is -2.25. The molecular weight excluding hydrogens is 344 g/mol. The molecule has 0 radical (unpaired) electrons. The second kappa shape index (κ2) is 10.7. The van der Waals surface area contributed by atoms with Gasteiger partial charge in [0, 0.05) is 12.6 Å². The first-order chi connectivity index (χ1) is 13.1. The number of ether oxygens (including phenoxy) is 3. The second-order valence-electron chi connectivity index (χ2n) is 5.92. The maximum absolute atomic E-state index is 11.4. The van der Waals surface area contributed by atoms with Crippen LogP contribution in [0.15, 0.2) is 42.5 Å². The van der Waals surface area contributed by atoms with Crippen LogP contribution in [0.2, 0.25) is 0 Å². The zero-order valence-electron chi connectivity index (χ0n) is 15.7. The molecule has 0 spiro atoms. The number of nitrogens with one attached hydrogen (secondary N) is 1. The lowest BCUT2D eigenvalue weighted by Gasteiger charge is -2.14. The van der Waals surface area contributed by atoms with Gasteiger partial charge in [-0.3, -0.25) is 4.79 Å². The van der Waals surface area contributed by atoms with Crippen molar-refractivity contribution in [3.63, 3.8) is 0 Å². The van der Waals surface area contributed by atoms with E-state index in [0.717, 1.165) is 16.9 Å². The van der Waals surface area contributed by atoms with Crippen LogP contribution in [-0.2, 0) is 11.2 Å². The molecule has 0 saturated carbocycles. The van der Waals surface area contributed by atoms with Crippen LogP contribution in [0.4, 0.5) is 0 Å². The number of methoxy groups -OCH3 is 1. The summed E-state index contributed by atoms with van der Waals surface area (Å²) >= 11 is 0. The maximum Gasteiger partial charge on any atom is 0.234 e. The van der Waals surface area contributed by atoms with Gasteiger partial charge in [-0.25, -0.2) is 0 Å². The Morgan fingerprint density at radius 2 is 1.93 bits per heavy atom. The van der Waals surface area contributed by atoms with E-state index < -0.39 is 0 Å². The molecule has 0 saturated heterocycles. The topological polar surface area (TPSA) is 80.6 Å². The van der Waals surface area contributed by atoms with Gasteiger partial charge in [0.25, 0.3) is 0 Å². The summed E-state index contributed by atoms with van der Waals surface area (Å²) in [5, 5.41) is 11.2. The van der Waals surface area contributed by atoms with E-state index in [4.69, 9.17) is 19.5 Å². The Kier molecular flexibility index (Phi) is 7.98. The molecule has 2 aromatic carbocycles. The van der Waals surface area contributed by atoms with Gasteiger partial charge in [0.1, 0.15) is 36.9 Å². The molecule has 0 unspecified atom stereocenters. The number of nitrogens with zero attached hydrogens (tertiary/aromatic N) is 1. The maximum atomic E-state index is 11.4. The fraction of sp³-hybridized carbons (Fsp3) is 0.333. The van der Waals surface area contributed by atoms with Gasteiger partial charge in [0.05, 0.1) is 13.2 Å². The number of rotatable bonds is 10. The Hall–Kier alpha value is -3.20. The molecule has 6 heteroatoms. The number of hydrogen-bond donors (Lipinski definition) is 1. The van der Waals surface area contributed by atoms with Crippen molar-refractivity contribution >= 4 is 5.91 Å². The molecule has 0 atom stereocenters. The molecule has 27 heavy (non-hydrogen) atoms. The lowest BCUT2D eigenvalue weighted by molar-refractivity contribution is -0.120. The number of aryl methyl sites for hydroxylation is 1. The summed E-state index contributed by atoms with van der Waals surface area (Å²) in [5.74, 6) is 1.92. The summed E-state index contributed by atoms with van der Waals surface area (Å²) in [6, 6.07) is 15.3. The van der Waals surface area contributed by atoms with Crippen molar-refractivity contribution in [2.45, 2.75) is 19.8 Å². The molecule has 0 aliphatic carbocycles. The third-order valence-corrected chi connectivity index (χ3v) is 3.83. The standard InChI is InChI=1S/C21H24N2O4/c1-16-4-3-5-19(14-16)26-12-13-27-20-15-18(25-2)7-6-17(20)9-11-23-21(24)8-10-22/h3-7,14-15H,8-9,11-13H2,1-2H3,(H,23,24). The summed E-state index contributed by atoms with van der Waals surface area (Å²) in [6.07, 6.45) is 0.456. The van der Waals surface area contributed by atoms with Crippen LogP contribution in [0, 0.1) is 18.3 Å². The van der Waals surface area contributed by atoms with Crippen molar-refractivity contribution in [2.24, 2.45) is 0 Å². The molecule has 6 nitrogen and oxygen atoms in total. The predicted octanol–water partition coefficient (Wildman–Crippen LogP) is 3.03. The molecule has 142 valence electrons. The van der Waals surface area contributed by atoms with Crippen LogP contribution < -0.4 is 19.5 Å². The van der Waals surface area contributed by atoms with E-state index in [1.54, 1.807) is 7.11 Å². The molecule has 0 bridgehead atoms. The first-order valence-electron chi connectivity index (χ1n) is 8.75. The Morgan fingerprint density at radius 3 is 2.67 bits per heavy atom. The highest BCUT2D eigenvalue weighted by Crippen LogP contribution is 2.25. The number of hydrogen-bond acceptors (Lipinski definition) is 5.